The van der Waals surface area contributed by atoms with Gasteiger partial charge in [-0.25, -0.2) is 13.2 Å². The average molecular weight is 323 g/mol. The van der Waals surface area contributed by atoms with Crippen LogP contribution in [0.1, 0.15) is 5.56 Å². The molecular formula is C17H20F3N3. The van der Waals surface area contributed by atoms with Crippen molar-refractivity contribution in [1.29, 1.82) is 0 Å². The predicted octanol–water partition coefficient (Wildman–Crippen LogP) is 3.47. The summed E-state index contributed by atoms with van der Waals surface area (Å²) >= 11 is 0. The zero-order chi connectivity index (χ0) is 17.1. The molecule has 2 aromatic rings. The molecule has 0 unspecified atom stereocenters. The highest BCUT2D eigenvalue weighted by molar-refractivity contribution is 5.63. The van der Waals surface area contributed by atoms with Gasteiger partial charge in [0, 0.05) is 31.3 Å². The Morgan fingerprint density at radius 2 is 1.70 bits per heavy atom. The van der Waals surface area contributed by atoms with E-state index in [9.17, 15) is 13.2 Å². The van der Waals surface area contributed by atoms with Crippen molar-refractivity contribution >= 4 is 5.69 Å². The third-order valence-corrected chi connectivity index (χ3v) is 3.73. The average Bonchev–Trinajstić information content (AvgIpc) is 2.54. The summed E-state index contributed by atoms with van der Waals surface area (Å²) in [5.74, 6) is -3.04. The molecule has 2 rings (SSSR count). The molecule has 3 nitrogen and oxygen atoms in total. The zero-order valence-electron chi connectivity index (χ0n) is 13.7. The Labute approximate surface area is 134 Å². The van der Waals surface area contributed by atoms with Gasteiger partial charge in [-0.05, 0) is 39.2 Å². The van der Waals surface area contributed by atoms with E-state index in [0.29, 0.717) is 0 Å². The van der Waals surface area contributed by atoms with E-state index in [2.05, 4.69) is 9.88 Å². The Morgan fingerprint density at radius 3 is 2.26 bits per heavy atom. The topological polar surface area (TPSA) is 19.4 Å². The van der Waals surface area contributed by atoms with Crippen LogP contribution in [0.5, 0.6) is 0 Å². The minimum atomic E-state index is -1.17. The van der Waals surface area contributed by atoms with Crippen molar-refractivity contribution < 1.29 is 13.2 Å². The maximum atomic E-state index is 14.0. The van der Waals surface area contributed by atoms with Gasteiger partial charge in [0.2, 0.25) is 0 Å². The van der Waals surface area contributed by atoms with Gasteiger partial charge in [-0.3, -0.25) is 4.98 Å². The lowest BCUT2D eigenvalue weighted by Gasteiger charge is -2.21. The Hall–Kier alpha value is -2.08. The number of likely N-dealkylation sites (N-methyl/N-ethyl adjacent to an activating group) is 2. The van der Waals surface area contributed by atoms with E-state index in [-0.39, 0.29) is 16.8 Å². The fourth-order valence-corrected chi connectivity index (χ4v) is 2.12. The third-order valence-electron chi connectivity index (χ3n) is 3.73. The lowest BCUT2D eigenvalue weighted by Crippen LogP contribution is -2.28. The summed E-state index contributed by atoms with van der Waals surface area (Å²) < 4.78 is 41.3. The van der Waals surface area contributed by atoms with Gasteiger partial charge in [-0.15, -0.1) is 0 Å². The molecule has 0 aliphatic carbocycles. The molecule has 23 heavy (non-hydrogen) atoms. The zero-order valence-corrected chi connectivity index (χ0v) is 13.7. The fraction of sp³-hybridized carbons (Fsp3) is 0.353. The SMILES string of the molecule is Cc1c(F)cc(-c2ccc(N(C)CCN(C)C)cn2)c(F)c1F. The molecule has 0 radical (unpaired) electrons. The normalized spacial score (nSPS) is 11.1. The number of benzene rings is 1. The summed E-state index contributed by atoms with van der Waals surface area (Å²) in [4.78, 5) is 8.21. The molecule has 0 bridgehead atoms. The van der Waals surface area contributed by atoms with Crippen molar-refractivity contribution in [2.45, 2.75) is 6.92 Å². The van der Waals surface area contributed by atoms with E-state index in [0.717, 1.165) is 24.8 Å². The van der Waals surface area contributed by atoms with E-state index >= 15 is 0 Å². The van der Waals surface area contributed by atoms with E-state index in [4.69, 9.17) is 0 Å². The lowest BCUT2D eigenvalue weighted by atomic mass is 10.1. The van der Waals surface area contributed by atoms with E-state index < -0.39 is 17.5 Å². The van der Waals surface area contributed by atoms with Crippen LogP contribution < -0.4 is 4.90 Å². The molecular weight excluding hydrogens is 303 g/mol. The second-order valence-corrected chi connectivity index (χ2v) is 5.79. The smallest absolute Gasteiger partial charge is 0.168 e. The highest BCUT2D eigenvalue weighted by Gasteiger charge is 2.17. The van der Waals surface area contributed by atoms with Gasteiger partial charge in [0.15, 0.2) is 11.6 Å². The molecule has 1 aromatic carbocycles. The first-order valence-electron chi connectivity index (χ1n) is 7.27. The first-order chi connectivity index (χ1) is 10.8. The van der Waals surface area contributed by atoms with Gasteiger partial charge in [-0.1, -0.05) is 0 Å². The van der Waals surface area contributed by atoms with Gasteiger partial charge in [-0.2, -0.15) is 0 Å². The number of halogens is 3. The second-order valence-electron chi connectivity index (χ2n) is 5.79. The van der Waals surface area contributed by atoms with Gasteiger partial charge < -0.3 is 9.80 Å². The Balaban J connectivity index is 2.27. The summed E-state index contributed by atoms with van der Waals surface area (Å²) in [6.07, 6.45) is 1.57. The van der Waals surface area contributed by atoms with Crippen LogP contribution in [0, 0.1) is 24.4 Å². The number of anilines is 1. The van der Waals surface area contributed by atoms with Gasteiger partial charge in [0.05, 0.1) is 17.6 Å². The number of hydrogen-bond acceptors (Lipinski definition) is 3. The van der Waals surface area contributed by atoms with Crippen LogP contribution >= 0.6 is 0 Å². The summed E-state index contributed by atoms with van der Waals surface area (Å²) in [6.45, 7) is 2.88. The maximum absolute atomic E-state index is 14.0. The first kappa shape index (κ1) is 17.3. The van der Waals surface area contributed by atoms with Crippen LogP contribution in [-0.4, -0.2) is 44.1 Å². The maximum Gasteiger partial charge on any atom is 0.168 e. The number of pyridine rings is 1. The quantitative estimate of drug-likeness (QED) is 0.786. The van der Waals surface area contributed by atoms with Crippen LogP contribution in [0.3, 0.4) is 0 Å². The molecule has 0 aliphatic heterocycles. The standard InChI is InChI=1S/C17H20F3N3/c1-11-14(18)9-13(17(20)16(11)19)15-6-5-12(10-21-15)23(4)8-7-22(2)3/h5-6,9-10H,7-8H2,1-4H3. The Kier molecular flexibility index (Phi) is 5.26. The molecule has 1 heterocycles. The molecule has 0 aliphatic rings. The molecule has 6 heteroatoms. The van der Waals surface area contributed by atoms with Crippen LogP contribution in [0.25, 0.3) is 11.3 Å². The van der Waals surface area contributed by atoms with E-state index in [1.165, 1.54) is 6.92 Å². The molecule has 0 saturated carbocycles. The van der Waals surface area contributed by atoms with E-state index in [1.54, 1.807) is 18.3 Å². The summed E-state index contributed by atoms with van der Waals surface area (Å²) in [6, 6.07) is 4.30. The van der Waals surface area contributed by atoms with Gasteiger partial charge in [0.1, 0.15) is 5.82 Å². The number of aromatic nitrogens is 1. The summed E-state index contributed by atoms with van der Waals surface area (Å²) in [5, 5.41) is 0. The van der Waals surface area contributed by atoms with Crippen LogP contribution in [0.4, 0.5) is 18.9 Å². The Bertz CT molecular complexity index is 684. The molecule has 0 N–H and O–H groups in total. The number of nitrogens with zero attached hydrogens (tertiary/aromatic N) is 3. The van der Waals surface area contributed by atoms with E-state index in [1.807, 2.05) is 26.0 Å². The largest absolute Gasteiger partial charge is 0.372 e. The van der Waals surface area contributed by atoms with Crippen molar-refractivity contribution in [2.75, 3.05) is 39.1 Å². The minimum absolute atomic E-state index is 0.173. The molecule has 0 atom stereocenters. The molecule has 124 valence electrons. The Morgan fingerprint density at radius 1 is 1.00 bits per heavy atom. The summed E-state index contributed by atoms with van der Waals surface area (Å²) in [7, 11) is 5.89. The van der Waals surface area contributed by atoms with Crippen molar-refractivity contribution in [2.24, 2.45) is 0 Å². The molecule has 1 aromatic heterocycles. The van der Waals surface area contributed by atoms with Gasteiger partial charge in [0.25, 0.3) is 0 Å². The number of hydrogen-bond donors (Lipinski definition) is 0. The predicted molar refractivity (Wildman–Crippen MR) is 86.1 cm³/mol. The monoisotopic (exact) mass is 323 g/mol. The highest BCUT2D eigenvalue weighted by Crippen LogP contribution is 2.27. The van der Waals surface area contributed by atoms with Gasteiger partial charge >= 0.3 is 0 Å². The van der Waals surface area contributed by atoms with Crippen LogP contribution in [-0.2, 0) is 0 Å². The molecule has 0 fully saturated rings. The van der Waals surface area contributed by atoms with Crippen molar-refractivity contribution in [3.8, 4) is 11.3 Å². The third kappa shape index (κ3) is 3.82. The number of rotatable bonds is 5. The second kappa shape index (κ2) is 7.00. The van der Waals surface area contributed by atoms with Crippen LogP contribution in [0.15, 0.2) is 24.4 Å². The summed E-state index contributed by atoms with van der Waals surface area (Å²) in [5.41, 5.74) is 0.550. The first-order valence-corrected chi connectivity index (χ1v) is 7.27. The van der Waals surface area contributed by atoms with Crippen molar-refractivity contribution in [3.05, 3.63) is 47.4 Å². The minimum Gasteiger partial charge on any atom is -0.372 e. The van der Waals surface area contributed by atoms with Crippen molar-refractivity contribution in [3.63, 3.8) is 0 Å². The van der Waals surface area contributed by atoms with Crippen LogP contribution in [0.2, 0.25) is 0 Å². The fourth-order valence-electron chi connectivity index (χ4n) is 2.12. The van der Waals surface area contributed by atoms with Crippen molar-refractivity contribution in [1.82, 2.24) is 9.88 Å². The molecule has 0 saturated heterocycles. The highest BCUT2D eigenvalue weighted by atomic mass is 19.2. The molecule has 0 amide bonds. The lowest BCUT2D eigenvalue weighted by molar-refractivity contribution is 0.416. The molecule has 0 spiro atoms.